The van der Waals surface area contributed by atoms with Gasteiger partial charge in [-0.1, -0.05) is 115 Å². The summed E-state index contributed by atoms with van der Waals surface area (Å²) in [4.78, 5) is 12.2. The third-order valence-electron chi connectivity index (χ3n) is 7.18. The lowest BCUT2D eigenvalue weighted by Gasteiger charge is -2.15. The smallest absolute Gasteiger partial charge is 0.116 e. The van der Waals surface area contributed by atoms with Gasteiger partial charge in [-0.25, -0.2) is 9.97 Å². The van der Waals surface area contributed by atoms with Crippen molar-refractivity contribution in [1.29, 1.82) is 0 Å². The molecule has 6 aromatic rings. The number of thiophene rings is 1. The number of rotatable bonds is 5. The van der Waals surface area contributed by atoms with Crippen molar-refractivity contribution in [3.8, 4) is 54.5 Å². The van der Waals surface area contributed by atoms with E-state index in [9.17, 15) is 0 Å². The monoisotopic (exact) mass is 516 g/mol. The molecule has 0 bridgehead atoms. The Morgan fingerprint density at radius 3 is 2.15 bits per heavy atom. The van der Waals surface area contributed by atoms with Crippen LogP contribution in [0.15, 0.2) is 116 Å². The summed E-state index contributed by atoms with van der Waals surface area (Å²) in [5.41, 5.74) is 11.3. The van der Waals surface area contributed by atoms with Crippen molar-refractivity contribution in [3.05, 3.63) is 139 Å². The van der Waals surface area contributed by atoms with Gasteiger partial charge in [0.15, 0.2) is 0 Å². The van der Waals surface area contributed by atoms with Crippen LogP contribution < -0.4 is 0 Å². The lowest BCUT2D eigenvalue weighted by Crippen LogP contribution is -1.99. The lowest BCUT2D eigenvalue weighted by molar-refractivity contribution is 0.996. The molecule has 0 aliphatic heterocycles. The summed E-state index contributed by atoms with van der Waals surface area (Å²) in [6.45, 7) is 0. The van der Waals surface area contributed by atoms with Crippen LogP contribution in [0.5, 0.6) is 0 Å². The van der Waals surface area contributed by atoms with E-state index in [-0.39, 0.29) is 0 Å². The average molecular weight is 517 g/mol. The highest BCUT2D eigenvalue weighted by atomic mass is 32.1. The fourth-order valence-corrected chi connectivity index (χ4v) is 6.82. The molecule has 1 aliphatic rings. The fourth-order valence-electron chi connectivity index (χ4n) is 5.40. The molecule has 0 unspecified atom stereocenters. The Hall–Kier alpha value is -4.78. The van der Waals surface area contributed by atoms with Gasteiger partial charge in [-0.15, -0.1) is 11.3 Å². The second kappa shape index (κ2) is 10.2. The van der Waals surface area contributed by atoms with Gasteiger partial charge < -0.3 is 0 Å². The van der Waals surface area contributed by atoms with Gasteiger partial charge in [0.05, 0.1) is 17.0 Å². The maximum Gasteiger partial charge on any atom is 0.116 e. The summed E-state index contributed by atoms with van der Waals surface area (Å²) in [6.07, 6.45) is 8.29. The molecule has 0 N–H and O–H groups in total. The van der Waals surface area contributed by atoms with E-state index < -0.39 is 0 Å². The van der Waals surface area contributed by atoms with E-state index in [1.165, 1.54) is 37.6 Å². The first-order valence-corrected chi connectivity index (χ1v) is 14.0. The van der Waals surface area contributed by atoms with Gasteiger partial charge in [0.2, 0.25) is 0 Å². The summed E-state index contributed by atoms with van der Waals surface area (Å²) < 4.78 is 0. The first kappa shape index (κ1) is 23.3. The second-order valence-corrected chi connectivity index (χ2v) is 10.5. The number of fused-ring (bicyclic) bond motifs is 1. The van der Waals surface area contributed by atoms with Gasteiger partial charge >= 0.3 is 0 Å². The van der Waals surface area contributed by atoms with Gasteiger partial charge in [-0.05, 0) is 47.2 Å². The number of nitrogens with zero attached hydrogens (tertiary/aromatic N) is 2. The zero-order valence-electron chi connectivity index (χ0n) is 21.3. The predicted molar refractivity (Wildman–Crippen MR) is 162 cm³/mol. The van der Waals surface area contributed by atoms with Crippen LogP contribution in [0.2, 0.25) is 0 Å². The first-order valence-electron chi connectivity index (χ1n) is 13.1. The molecule has 4 aromatic carbocycles. The Kier molecular flexibility index (Phi) is 6.09. The van der Waals surface area contributed by atoms with Crippen molar-refractivity contribution in [2.75, 3.05) is 0 Å². The van der Waals surface area contributed by atoms with Gasteiger partial charge in [-0.2, -0.15) is 0 Å². The highest BCUT2D eigenvalue weighted by Crippen LogP contribution is 2.50. The van der Waals surface area contributed by atoms with Crippen molar-refractivity contribution in [3.63, 3.8) is 0 Å². The average Bonchev–Trinajstić information content (AvgIpc) is 3.41. The molecule has 0 saturated carbocycles. The topological polar surface area (TPSA) is 25.8 Å². The maximum atomic E-state index is 4.86. The van der Waals surface area contributed by atoms with E-state index in [1.54, 1.807) is 6.33 Å². The minimum Gasteiger partial charge on any atom is -0.236 e. The van der Waals surface area contributed by atoms with Crippen LogP contribution in [0, 0.1) is 12.1 Å². The minimum absolute atomic E-state index is 0.891. The number of allylic oxidation sites excluding steroid dienone is 1. The van der Waals surface area contributed by atoms with Crippen molar-refractivity contribution >= 4 is 17.4 Å². The molecule has 7 rings (SSSR count). The Morgan fingerprint density at radius 1 is 0.667 bits per heavy atom. The molecule has 39 heavy (non-hydrogen) atoms. The van der Waals surface area contributed by atoms with Crippen LogP contribution >= 0.6 is 11.3 Å². The van der Waals surface area contributed by atoms with E-state index in [2.05, 4.69) is 109 Å². The molecule has 0 fully saturated rings. The summed E-state index contributed by atoms with van der Waals surface area (Å²) in [6, 6.07) is 42.2. The van der Waals surface area contributed by atoms with Crippen molar-refractivity contribution in [1.82, 2.24) is 9.97 Å². The van der Waals surface area contributed by atoms with Crippen LogP contribution in [0.1, 0.15) is 17.5 Å². The van der Waals surface area contributed by atoms with Crippen LogP contribution in [-0.2, 0) is 6.42 Å². The Labute approximate surface area is 233 Å². The minimum atomic E-state index is 0.891. The van der Waals surface area contributed by atoms with Gasteiger partial charge in [0.1, 0.15) is 6.33 Å². The van der Waals surface area contributed by atoms with Crippen LogP contribution in [0.25, 0.3) is 60.6 Å². The number of hydrogen-bond donors (Lipinski definition) is 0. The van der Waals surface area contributed by atoms with Crippen molar-refractivity contribution < 1.29 is 0 Å². The molecule has 3 heteroatoms. The van der Waals surface area contributed by atoms with E-state index in [0.717, 1.165) is 40.9 Å². The summed E-state index contributed by atoms with van der Waals surface area (Å²) in [5.74, 6) is 0. The molecule has 0 radical (unpaired) electrons. The lowest BCUT2D eigenvalue weighted by atomic mass is 9.90. The molecule has 1 aliphatic carbocycles. The molecule has 2 nitrogen and oxygen atoms in total. The van der Waals surface area contributed by atoms with Gasteiger partial charge in [-0.3, -0.25) is 0 Å². The van der Waals surface area contributed by atoms with Crippen molar-refractivity contribution in [2.45, 2.75) is 12.8 Å². The summed E-state index contributed by atoms with van der Waals surface area (Å²) >= 11 is 1.85. The summed E-state index contributed by atoms with van der Waals surface area (Å²) in [7, 11) is 0. The number of benzene rings is 3. The SMILES string of the molecule is c1cccc(-c2ncnc(-c3ccccc3)c2-c2sc(-c3ccccc3-c3ccccc3)c3c2CCC=C3)c#1. The molecule has 0 spiro atoms. The molecule has 0 atom stereocenters. The third-order valence-corrected chi connectivity index (χ3v) is 8.47. The van der Waals surface area contributed by atoms with Crippen LogP contribution in [-0.4, -0.2) is 9.97 Å². The Balaban J connectivity index is 1.53. The number of hydrogen-bond acceptors (Lipinski definition) is 3. The number of aromatic nitrogens is 2. The van der Waals surface area contributed by atoms with Gasteiger partial charge in [0.25, 0.3) is 0 Å². The predicted octanol–water partition coefficient (Wildman–Crippen LogP) is 9.43. The quantitative estimate of drug-likeness (QED) is 0.228. The van der Waals surface area contributed by atoms with E-state index >= 15 is 0 Å². The van der Waals surface area contributed by atoms with Crippen LogP contribution in [0.4, 0.5) is 0 Å². The highest BCUT2D eigenvalue weighted by Gasteiger charge is 2.27. The standard InChI is InChI=1S/C36H24N2S/c1-4-14-25(15-5-1)28-20-10-11-21-29(28)35-30-22-12-13-23-31(30)36(39-35)32-33(26-16-6-2-7-17-26)37-24-38-34(32)27-18-8-3-9-19-27/h1-8,10-12,14-18,20-22,24H,13,23H2. The van der Waals surface area contributed by atoms with E-state index in [4.69, 9.17) is 9.97 Å². The molecule has 0 amide bonds. The second-order valence-electron chi connectivity index (χ2n) is 9.53. The Bertz CT molecular complexity index is 1730. The molecule has 184 valence electrons. The third kappa shape index (κ3) is 4.26. The normalized spacial score (nSPS) is 12.1. The zero-order valence-corrected chi connectivity index (χ0v) is 22.1. The van der Waals surface area contributed by atoms with E-state index in [1.807, 2.05) is 29.5 Å². The van der Waals surface area contributed by atoms with E-state index in [0.29, 0.717) is 0 Å². The molecular weight excluding hydrogens is 492 g/mol. The zero-order chi connectivity index (χ0) is 26.0. The highest BCUT2D eigenvalue weighted by molar-refractivity contribution is 7.19. The molecule has 2 aromatic heterocycles. The Morgan fingerprint density at radius 2 is 1.38 bits per heavy atom. The molecule has 0 saturated heterocycles. The van der Waals surface area contributed by atoms with Gasteiger partial charge in [0, 0.05) is 26.4 Å². The largest absolute Gasteiger partial charge is 0.236 e. The van der Waals surface area contributed by atoms with Crippen LogP contribution in [0.3, 0.4) is 0 Å². The maximum absolute atomic E-state index is 4.86. The molecular formula is C36H24N2S. The fraction of sp³-hybridized carbons (Fsp3) is 0.0556. The first-order chi connectivity index (χ1) is 19.4. The molecule has 2 heterocycles. The van der Waals surface area contributed by atoms with Crippen molar-refractivity contribution in [2.24, 2.45) is 0 Å². The summed E-state index contributed by atoms with van der Waals surface area (Å²) in [5, 5.41) is 0.